The first-order valence-corrected chi connectivity index (χ1v) is 7.51. The van der Waals surface area contributed by atoms with E-state index in [1.807, 2.05) is 0 Å². The number of fused-ring (bicyclic) bond motifs is 1. The second kappa shape index (κ2) is 5.93. The van der Waals surface area contributed by atoms with Crippen molar-refractivity contribution in [3.63, 3.8) is 0 Å². The van der Waals surface area contributed by atoms with Gasteiger partial charge in [-0.05, 0) is 5.57 Å². The molecule has 0 bridgehead atoms. The van der Waals surface area contributed by atoms with Crippen molar-refractivity contribution in [3.8, 4) is 0 Å². The van der Waals surface area contributed by atoms with E-state index in [0.29, 0.717) is 11.3 Å². The fraction of sp³-hybridized carbons (Fsp3) is 0.333. The fourth-order valence-electron chi connectivity index (χ4n) is 1.70. The van der Waals surface area contributed by atoms with E-state index < -0.39 is 22.4 Å². The van der Waals surface area contributed by atoms with Crippen LogP contribution in [0.15, 0.2) is 23.9 Å². The molecular weight excluding hydrogens is 312 g/mol. The minimum atomic E-state index is -4.67. The molecule has 0 spiro atoms. The number of nitrogens with two attached hydrogens (primary N) is 1. The second-order valence-corrected chi connectivity index (χ2v) is 5.77. The number of carbonyl (C=O) groups is 2. The zero-order valence-electron chi connectivity index (χ0n) is 9.96. The normalized spacial score (nSPS) is 25.1. The Hall–Kier alpha value is -1.40. The molecule has 112 valence electrons. The molecule has 20 heavy (non-hydrogen) atoms. The molecule has 1 saturated heterocycles. The van der Waals surface area contributed by atoms with Crippen molar-refractivity contribution in [1.29, 1.82) is 0 Å². The van der Waals surface area contributed by atoms with Gasteiger partial charge in [0.2, 0.25) is 5.91 Å². The van der Waals surface area contributed by atoms with Gasteiger partial charge in [0, 0.05) is 5.75 Å². The van der Waals surface area contributed by atoms with Crippen LogP contribution in [0.1, 0.15) is 0 Å². The van der Waals surface area contributed by atoms with E-state index in [-0.39, 0.29) is 17.0 Å². The Labute approximate surface area is 118 Å². The fourth-order valence-corrected chi connectivity index (χ4v) is 2.98. The number of carboxylic acid groups (broad SMARTS) is 1. The van der Waals surface area contributed by atoms with Crippen LogP contribution in [0.25, 0.3) is 0 Å². The Morgan fingerprint density at radius 2 is 2.00 bits per heavy atom. The van der Waals surface area contributed by atoms with Crippen LogP contribution in [0.5, 0.6) is 0 Å². The number of amides is 1. The smallest absolute Gasteiger partial charge is 0.394 e. The molecule has 1 amide bonds. The highest BCUT2D eigenvalue weighted by Gasteiger charge is 2.51. The minimum absolute atomic E-state index is 0.0282. The van der Waals surface area contributed by atoms with Crippen molar-refractivity contribution < 1.29 is 32.2 Å². The quantitative estimate of drug-likeness (QED) is 0.373. The molecule has 2 heterocycles. The maximum absolute atomic E-state index is 11.4. The van der Waals surface area contributed by atoms with Crippen molar-refractivity contribution in [2.45, 2.75) is 11.4 Å². The van der Waals surface area contributed by atoms with Gasteiger partial charge in [0.05, 0.1) is 0 Å². The van der Waals surface area contributed by atoms with Crippen LogP contribution in [0.2, 0.25) is 0 Å². The molecule has 0 radical (unpaired) electrons. The third-order valence-electron chi connectivity index (χ3n) is 2.49. The van der Waals surface area contributed by atoms with E-state index in [1.54, 1.807) is 0 Å². The summed E-state index contributed by atoms with van der Waals surface area (Å²) in [6.45, 7) is 3.54. The third kappa shape index (κ3) is 3.58. The molecule has 0 saturated carbocycles. The van der Waals surface area contributed by atoms with Crippen LogP contribution in [0, 0.1) is 0 Å². The largest absolute Gasteiger partial charge is 0.477 e. The van der Waals surface area contributed by atoms with Gasteiger partial charge in [-0.25, -0.2) is 4.79 Å². The summed E-state index contributed by atoms with van der Waals surface area (Å²) in [5.74, 6) is -0.896. The predicted molar refractivity (Wildman–Crippen MR) is 70.1 cm³/mol. The Bertz CT molecular complexity index is 575. The molecule has 9 nitrogen and oxygen atoms in total. The van der Waals surface area contributed by atoms with Gasteiger partial charge in [0.25, 0.3) is 0 Å². The molecule has 0 aromatic heterocycles. The van der Waals surface area contributed by atoms with Crippen molar-refractivity contribution >= 4 is 34.0 Å². The molecule has 1 fully saturated rings. The van der Waals surface area contributed by atoms with Crippen molar-refractivity contribution in [2.75, 3.05) is 5.75 Å². The summed E-state index contributed by atoms with van der Waals surface area (Å²) in [5, 5.41) is 8.79. The summed E-state index contributed by atoms with van der Waals surface area (Å²) in [6.07, 6.45) is 1.48. The van der Waals surface area contributed by atoms with Gasteiger partial charge in [-0.15, -0.1) is 11.8 Å². The summed E-state index contributed by atoms with van der Waals surface area (Å²) < 4.78 is 31.6. The number of β-lactam (4-membered cyclic amide) rings is 1. The van der Waals surface area contributed by atoms with E-state index in [9.17, 15) is 9.59 Å². The first kappa shape index (κ1) is 16.7. The van der Waals surface area contributed by atoms with Gasteiger partial charge >= 0.3 is 16.4 Å². The Kier molecular flexibility index (Phi) is 4.94. The van der Waals surface area contributed by atoms with Crippen LogP contribution in [0.3, 0.4) is 0 Å². The number of aliphatic carboxylic acids is 1. The first-order valence-electron chi connectivity index (χ1n) is 5.07. The lowest BCUT2D eigenvalue weighted by Gasteiger charge is -2.47. The summed E-state index contributed by atoms with van der Waals surface area (Å²) in [6, 6.07) is -0.573. The van der Waals surface area contributed by atoms with E-state index in [0.717, 1.165) is 0 Å². The Morgan fingerprint density at radius 1 is 1.50 bits per heavy atom. The molecule has 5 N–H and O–H groups in total. The molecule has 11 heteroatoms. The monoisotopic (exact) mass is 324 g/mol. The van der Waals surface area contributed by atoms with Crippen LogP contribution in [-0.2, 0) is 20.0 Å². The molecule has 2 atom stereocenters. The van der Waals surface area contributed by atoms with Gasteiger partial charge in [-0.1, -0.05) is 12.7 Å². The first-order chi connectivity index (χ1) is 9.07. The highest BCUT2D eigenvalue weighted by molar-refractivity contribution is 8.00. The number of nitrogens with zero attached hydrogens (tertiary/aromatic N) is 1. The van der Waals surface area contributed by atoms with E-state index in [4.69, 9.17) is 28.4 Å². The number of hydrogen-bond acceptors (Lipinski definition) is 6. The number of carbonyl (C=O) groups excluding carboxylic acids is 1. The van der Waals surface area contributed by atoms with Crippen LogP contribution in [0.4, 0.5) is 0 Å². The number of rotatable bonds is 2. The number of hydrogen-bond donors (Lipinski definition) is 4. The SMILES string of the molecule is C=CC1=C(C(=O)O)N2C(=O)C(N)C2SC1.O=S(=O)(O)O. The highest BCUT2D eigenvalue weighted by Crippen LogP contribution is 2.39. The summed E-state index contributed by atoms with van der Waals surface area (Å²) in [4.78, 5) is 23.7. The van der Waals surface area contributed by atoms with Crippen molar-refractivity contribution in [1.82, 2.24) is 4.90 Å². The van der Waals surface area contributed by atoms with Gasteiger partial charge < -0.3 is 10.8 Å². The van der Waals surface area contributed by atoms with Gasteiger partial charge in [-0.3, -0.25) is 18.8 Å². The minimum Gasteiger partial charge on any atom is -0.477 e. The van der Waals surface area contributed by atoms with E-state index >= 15 is 0 Å². The van der Waals surface area contributed by atoms with Crippen molar-refractivity contribution in [3.05, 3.63) is 23.9 Å². The molecule has 2 unspecified atom stereocenters. The molecule has 0 aromatic carbocycles. The Balaban J connectivity index is 0.000000347. The maximum Gasteiger partial charge on any atom is 0.394 e. The zero-order valence-corrected chi connectivity index (χ0v) is 11.6. The number of carboxylic acids is 1. The third-order valence-corrected chi connectivity index (χ3v) is 3.81. The number of allylic oxidation sites excluding steroid dienone is 1. The lowest BCUT2D eigenvalue weighted by Crippen LogP contribution is -2.68. The van der Waals surface area contributed by atoms with Crippen LogP contribution < -0.4 is 5.73 Å². The van der Waals surface area contributed by atoms with Crippen LogP contribution >= 0.6 is 11.8 Å². The second-order valence-electron chi connectivity index (χ2n) is 3.77. The van der Waals surface area contributed by atoms with E-state index in [2.05, 4.69) is 6.58 Å². The van der Waals surface area contributed by atoms with Gasteiger partial charge in [0.15, 0.2) is 0 Å². The van der Waals surface area contributed by atoms with Gasteiger partial charge in [-0.2, -0.15) is 8.42 Å². The predicted octanol–water partition coefficient (Wildman–Crippen LogP) is -0.899. The topological polar surface area (TPSA) is 158 Å². The molecule has 2 aliphatic rings. The van der Waals surface area contributed by atoms with E-state index in [1.165, 1.54) is 22.7 Å². The molecule has 0 aliphatic carbocycles. The summed E-state index contributed by atoms with van der Waals surface area (Å²) >= 11 is 1.47. The average Bonchev–Trinajstić information content (AvgIpc) is 2.33. The van der Waals surface area contributed by atoms with Crippen molar-refractivity contribution in [2.24, 2.45) is 5.73 Å². The maximum atomic E-state index is 11.4. The Morgan fingerprint density at radius 3 is 2.40 bits per heavy atom. The summed E-state index contributed by atoms with van der Waals surface area (Å²) in [5.41, 5.74) is 6.17. The lowest BCUT2D eigenvalue weighted by atomic mass is 10.0. The summed E-state index contributed by atoms with van der Waals surface area (Å²) in [7, 11) is -4.67. The lowest BCUT2D eigenvalue weighted by molar-refractivity contribution is -0.147. The van der Waals surface area contributed by atoms with Gasteiger partial charge in [0.1, 0.15) is 17.1 Å². The zero-order chi connectivity index (χ0) is 15.7. The molecular formula is C9H12N2O7S2. The average molecular weight is 324 g/mol. The standard InChI is InChI=1S/C9H10N2O3S.H2O4S/c1-2-4-3-15-8-5(10)7(12)11(8)6(4)9(13)14;1-5(2,3)4/h2,5,8H,1,3,10H2,(H,13,14);(H2,1,2,3,4). The number of thioether (sulfide) groups is 1. The molecule has 2 aliphatic heterocycles. The molecule has 0 aromatic rings. The highest BCUT2D eigenvalue weighted by atomic mass is 32.3. The van der Waals surface area contributed by atoms with Crippen LogP contribution in [-0.4, -0.2) is 56.6 Å². The molecule has 2 rings (SSSR count).